The Balaban J connectivity index is 4.58. The van der Waals surface area contributed by atoms with Gasteiger partial charge in [0.2, 0.25) is 0 Å². The molecular formula is C46H76NO8P. The van der Waals surface area contributed by atoms with Gasteiger partial charge in [-0.3, -0.25) is 14.2 Å². The number of phosphoric acid groups is 1. The Kier molecular flexibility index (Phi) is 35.4. The molecule has 0 fully saturated rings. The number of rotatable bonds is 36. The van der Waals surface area contributed by atoms with Crippen molar-refractivity contribution < 1.29 is 42.1 Å². The highest BCUT2D eigenvalue weighted by molar-refractivity contribution is 7.45. The van der Waals surface area contributed by atoms with Crippen LogP contribution in [0.5, 0.6) is 0 Å². The van der Waals surface area contributed by atoms with E-state index in [4.69, 9.17) is 18.5 Å². The Morgan fingerprint density at radius 2 is 1.02 bits per heavy atom. The van der Waals surface area contributed by atoms with Gasteiger partial charge >= 0.3 is 11.9 Å². The summed E-state index contributed by atoms with van der Waals surface area (Å²) in [7, 11) is 1.09. The van der Waals surface area contributed by atoms with Crippen LogP contribution >= 0.6 is 7.82 Å². The normalized spacial score (nSPS) is 14.6. The fourth-order valence-electron chi connectivity index (χ4n) is 4.81. The van der Waals surface area contributed by atoms with Crippen LogP contribution in [0.2, 0.25) is 0 Å². The molecule has 0 amide bonds. The number of quaternary nitrogens is 1. The number of phosphoric ester groups is 1. The van der Waals surface area contributed by atoms with Crippen molar-refractivity contribution in [1.82, 2.24) is 0 Å². The minimum absolute atomic E-state index is 0.0531. The largest absolute Gasteiger partial charge is 0.756 e. The lowest BCUT2D eigenvalue weighted by Gasteiger charge is -2.28. The minimum Gasteiger partial charge on any atom is -0.756 e. The van der Waals surface area contributed by atoms with Gasteiger partial charge in [-0.1, -0.05) is 124 Å². The van der Waals surface area contributed by atoms with E-state index in [9.17, 15) is 19.0 Å². The van der Waals surface area contributed by atoms with Crippen LogP contribution in [-0.4, -0.2) is 70.0 Å². The predicted octanol–water partition coefficient (Wildman–Crippen LogP) is 11.2. The predicted molar refractivity (Wildman–Crippen MR) is 231 cm³/mol. The maximum absolute atomic E-state index is 12.6. The third-order valence-corrected chi connectivity index (χ3v) is 9.05. The lowest BCUT2D eigenvalue weighted by atomic mass is 10.2. The summed E-state index contributed by atoms with van der Waals surface area (Å²) in [5.74, 6) is -0.962. The zero-order valence-electron chi connectivity index (χ0n) is 35.5. The van der Waals surface area contributed by atoms with Gasteiger partial charge in [0.05, 0.1) is 27.7 Å². The molecule has 0 saturated heterocycles. The molecule has 0 heterocycles. The van der Waals surface area contributed by atoms with Crippen LogP contribution in [0.15, 0.2) is 97.2 Å². The van der Waals surface area contributed by atoms with E-state index in [0.717, 1.165) is 64.2 Å². The summed E-state index contributed by atoms with van der Waals surface area (Å²) in [6.45, 7) is 3.93. The molecular weight excluding hydrogens is 725 g/mol. The van der Waals surface area contributed by atoms with Crippen molar-refractivity contribution in [2.75, 3.05) is 47.5 Å². The minimum atomic E-state index is -4.65. The number of likely N-dealkylation sites (N-methyl/N-ethyl adjacent to an activating group) is 1. The molecule has 318 valence electrons. The summed E-state index contributed by atoms with van der Waals surface area (Å²) < 4.78 is 33.7. The Hall–Kier alpha value is -3.07. The Bertz CT molecular complexity index is 1270. The smallest absolute Gasteiger partial charge is 0.306 e. The van der Waals surface area contributed by atoms with Crippen molar-refractivity contribution in [3.8, 4) is 0 Å². The van der Waals surface area contributed by atoms with Crippen LogP contribution in [-0.2, 0) is 32.7 Å². The standard InChI is InChI=1S/C46H76NO8P/c1-6-8-10-12-14-16-18-20-22-23-25-26-28-30-32-34-36-38-45(48)52-42-44(43-54-56(50,51)53-41-40-47(3,4)5)55-46(49)39-37-35-33-31-29-27-24-21-19-17-15-13-11-9-7-2/h9,11,14-17,20-22,24-26,29-32,44H,6-8,10,12-13,18-19,23,27-28,33-43H2,1-5H3/b11-9+,16-14+,17-15+,22-20+,24-21+,26-25+,31-29+,32-30+/t44-/m1/s1. The van der Waals surface area contributed by atoms with Crippen molar-refractivity contribution in [3.05, 3.63) is 97.2 Å². The van der Waals surface area contributed by atoms with Crippen LogP contribution in [0.4, 0.5) is 0 Å². The Morgan fingerprint density at radius 3 is 1.50 bits per heavy atom. The number of esters is 2. The molecule has 0 aromatic heterocycles. The number of hydrogen-bond acceptors (Lipinski definition) is 8. The van der Waals surface area contributed by atoms with E-state index in [0.29, 0.717) is 23.9 Å². The molecule has 0 bridgehead atoms. The Labute approximate surface area is 341 Å². The molecule has 10 heteroatoms. The molecule has 56 heavy (non-hydrogen) atoms. The first-order chi connectivity index (χ1) is 27.0. The van der Waals surface area contributed by atoms with Crippen molar-refractivity contribution in [1.29, 1.82) is 0 Å². The van der Waals surface area contributed by atoms with Crippen LogP contribution in [0.3, 0.4) is 0 Å². The van der Waals surface area contributed by atoms with E-state index < -0.39 is 32.5 Å². The average molecular weight is 802 g/mol. The van der Waals surface area contributed by atoms with Gasteiger partial charge in [0.15, 0.2) is 6.10 Å². The number of carbonyl (C=O) groups excluding carboxylic acids is 2. The summed E-state index contributed by atoms with van der Waals surface area (Å²) >= 11 is 0. The first kappa shape index (κ1) is 52.9. The fraction of sp³-hybridized carbons (Fsp3) is 0.609. The SMILES string of the molecule is CC/C=C/C/C=C/C/C=C/C/C=C/CCCCC(=O)O[C@H](COC(=O)CCC/C=C/C/C=C/C/C=C/C/C=C/CCCCC)COP(=O)([O-])OCC[N+](C)(C)C. The second kappa shape index (κ2) is 37.5. The molecule has 2 atom stereocenters. The molecule has 0 radical (unpaired) electrons. The maximum atomic E-state index is 12.6. The molecule has 0 aliphatic heterocycles. The third kappa shape index (κ3) is 40.6. The van der Waals surface area contributed by atoms with Gasteiger partial charge in [0.1, 0.15) is 19.8 Å². The molecule has 0 saturated carbocycles. The highest BCUT2D eigenvalue weighted by atomic mass is 31.2. The molecule has 9 nitrogen and oxygen atoms in total. The molecule has 0 aliphatic rings. The fourth-order valence-corrected chi connectivity index (χ4v) is 5.54. The summed E-state index contributed by atoms with van der Waals surface area (Å²) in [6, 6.07) is 0. The van der Waals surface area contributed by atoms with E-state index in [1.165, 1.54) is 25.7 Å². The van der Waals surface area contributed by atoms with Crippen LogP contribution in [0.25, 0.3) is 0 Å². The van der Waals surface area contributed by atoms with Crippen molar-refractivity contribution in [2.45, 2.75) is 136 Å². The summed E-state index contributed by atoms with van der Waals surface area (Å²) in [4.78, 5) is 37.4. The number of allylic oxidation sites excluding steroid dienone is 16. The summed E-state index contributed by atoms with van der Waals surface area (Å²) in [6.07, 6.45) is 48.8. The molecule has 0 N–H and O–H groups in total. The van der Waals surface area contributed by atoms with E-state index in [2.05, 4.69) is 105 Å². The van der Waals surface area contributed by atoms with E-state index in [1.807, 2.05) is 27.2 Å². The molecule has 1 unspecified atom stereocenters. The van der Waals surface area contributed by atoms with Gasteiger partial charge in [0, 0.05) is 12.8 Å². The number of unbranched alkanes of at least 4 members (excludes halogenated alkanes) is 6. The summed E-state index contributed by atoms with van der Waals surface area (Å²) in [5, 5.41) is 0. The second-order valence-corrected chi connectivity index (χ2v) is 16.0. The third-order valence-electron chi connectivity index (χ3n) is 8.09. The Morgan fingerprint density at radius 1 is 0.571 bits per heavy atom. The molecule has 0 spiro atoms. The van der Waals surface area contributed by atoms with Crippen molar-refractivity contribution >= 4 is 19.8 Å². The van der Waals surface area contributed by atoms with E-state index >= 15 is 0 Å². The zero-order valence-corrected chi connectivity index (χ0v) is 36.4. The average Bonchev–Trinajstić information content (AvgIpc) is 3.15. The molecule has 0 aromatic carbocycles. The highest BCUT2D eigenvalue weighted by Crippen LogP contribution is 2.38. The number of nitrogens with zero attached hydrogens (tertiary/aromatic N) is 1. The first-order valence-electron chi connectivity index (χ1n) is 20.9. The number of carbonyl (C=O) groups is 2. The zero-order chi connectivity index (χ0) is 41.4. The van der Waals surface area contributed by atoms with Gasteiger partial charge in [-0.05, 0) is 89.9 Å². The molecule has 0 rings (SSSR count). The van der Waals surface area contributed by atoms with E-state index in [-0.39, 0.29) is 26.1 Å². The van der Waals surface area contributed by atoms with Gasteiger partial charge in [-0.2, -0.15) is 0 Å². The first-order valence-corrected chi connectivity index (χ1v) is 22.4. The van der Waals surface area contributed by atoms with Gasteiger partial charge in [-0.15, -0.1) is 0 Å². The van der Waals surface area contributed by atoms with Crippen LogP contribution in [0, 0.1) is 0 Å². The lowest BCUT2D eigenvalue weighted by molar-refractivity contribution is -0.870. The van der Waals surface area contributed by atoms with Gasteiger partial charge in [0.25, 0.3) is 7.82 Å². The monoisotopic (exact) mass is 802 g/mol. The van der Waals surface area contributed by atoms with Crippen LogP contribution < -0.4 is 4.89 Å². The topological polar surface area (TPSA) is 111 Å². The summed E-state index contributed by atoms with van der Waals surface area (Å²) in [5.41, 5.74) is 0. The van der Waals surface area contributed by atoms with Crippen LogP contribution in [0.1, 0.15) is 129 Å². The maximum Gasteiger partial charge on any atom is 0.306 e. The van der Waals surface area contributed by atoms with Gasteiger partial charge < -0.3 is 27.9 Å². The quantitative estimate of drug-likeness (QED) is 0.0202. The highest BCUT2D eigenvalue weighted by Gasteiger charge is 2.21. The number of ether oxygens (including phenoxy) is 2. The van der Waals surface area contributed by atoms with Crippen molar-refractivity contribution in [2.24, 2.45) is 0 Å². The molecule has 0 aliphatic carbocycles. The van der Waals surface area contributed by atoms with Crippen molar-refractivity contribution in [3.63, 3.8) is 0 Å². The molecule has 0 aromatic rings. The van der Waals surface area contributed by atoms with E-state index in [1.54, 1.807) is 0 Å². The number of hydrogen-bond donors (Lipinski definition) is 0. The van der Waals surface area contributed by atoms with Gasteiger partial charge in [-0.25, -0.2) is 0 Å². The lowest BCUT2D eigenvalue weighted by Crippen LogP contribution is -2.37. The second-order valence-electron chi connectivity index (χ2n) is 14.6.